The van der Waals surface area contributed by atoms with Gasteiger partial charge in [0.2, 0.25) is 0 Å². The fraction of sp³-hybridized carbons (Fsp3) is 0. The van der Waals surface area contributed by atoms with Crippen molar-refractivity contribution in [3.63, 3.8) is 0 Å². The molecule has 6 heteroatoms. The van der Waals surface area contributed by atoms with Crippen LogP contribution >= 0.6 is 22.7 Å². The first-order valence-electron chi connectivity index (χ1n) is 6.02. The first-order chi connectivity index (χ1) is 10.7. The van der Waals surface area contributed by atoms with Gasteiger partial charge in [0.1, 0.15) is 35.4 Å². The van der Waals surface area contributed by atoms with Crippen molar-refractivity contribution in [2.24, 2.45) is 0 Å². The third kappa shape index (κ3) is 2.10. The average molecular weight is 316 g/mol. The minimum absolute atomic E-state index is 0.106. The zero-order chi connectivity index (χ0) is 15.7. The Hall–Kier alpha value is -3.16. The van der Waals surface area contributed by atoms with Gasteiger partial charge in [0.05, 0.1) is 9.06 Å². The van der Waals surface area contributed by atoms with E-state index < -0.39 is 0 Å². The largest absolute Gasteiger partial charge is 0.192 e. The van der Waals surface area contributed by atoms with Crippen molar-refractivity contribution in [2.75, 3.05) is 0 Å². The molecule has 0 saturated carbocycles. The molecule has 0 aliphatic rings. The maximum absolute atomic E-state index is 8.94. The van der Waals surface area contributed by atoms with Gasteiger partial charge in [-0.15, -0.1) is 22.7 Å². The number of rotatable bonds is 0. The Bertz CT molecular complexity index is 1030. The number of hydrogen-bond acceptors (Lipinski definition) is 6. The summed E-state index contributed by atoms with van der Waals surface area (Å²) in [5.41, 5.74) is 0.213. The SMILES string of the molecule is N#CC(C#N)=c1cc2cc3sc(=C(C#N)C#N)cc3cc2s1. The van der Waals surface area contributed by atoms with Crippen LogP contribution in [0.25, 0.3) is 31.3 Å². The molecule has 100 valence electrons. The van der Waals surface area contributed by atoms with Crippen LogP contribution < -0.4 is 9.06 Å². The number of hydrogen-bond donors (Lipinski definition) is 0. The van der Waals surface area contributed by atoms with Crippen LogP contribution in [0.2, 0.25) is 0 Å². The summed E-state index contributed by atoms with van der Waals surface area (Å²) < 4.78 is 3.23. The molecule has 0 saturated heterocycles. The van der Waals surface area contributed by atoms with E-state index in [9.17, 15) is 0 Å². The lowest BCUT2D eigenvalue weighted by Crippen LogP contribution is -1.94. The van der Waals surface area contributed by atoms with Crippen LogP contribution in [0.5, 0.6) is 0 Å². The molecule has 0 aliphatic carbocycles. The van der Waals surface area contributed by atoms with Crippen molar-refractivity contribution < 1.29 is 0 Å². The van der Waals surface area contributed by atoms with Gasteiger partial charge in [-0.3, -0.25) is 0 Å². The second kappa shape index (κ2) is 5.32. The second-order valence-corrected chi connectivity index (χ2v) is 6.51. The van der Waals surface area contributed by atoms with Crippen molar-refractivity contribution in [2.45, 2.75) is 0 Å². The summed E-state index contributed by atoms with van der Waals surface area (Å²) in [6, 6.07) is 15.1. The van der Waals surface area contributed by atoms with Gasteiger partial charge in [0, 0.05) is 9.40 Å². The van der Waals surface area contributed by atoms with Gasteiger partial charge in [0.25, 0.3) is 0 Å². The van der Waals surface area contributed by atoms with Gasteiger partial charge in [-0.05, 0) is 35.0 Å². The highest BCUT2D eigenvalue weighted by molar-refractivity contribution is 7.18. The highest BCUT2D eigenvalue weighted by atomic mass is 32.1. The van der Waals surface area contributed by atoms with Crippen molar-refractivity contribution >= 4 is 54.0 Å². The van der Waals surface area contributed by atoms with Crippen LogP contribution in [0.4, 0.5) is 0 Å². The molecular formula is C16H4N4S2. The third-order valence-electron chi connectivity index (χ3n) is 3.10. The van der Waals surface area contributed by atoms with E-state index in [-0.39, 0.29) is 11.1 Å². The summed E-state index contributed by atoms with van der Waals surface area (Å²) in [6.45, 7) is 0. The number of thiophene rings is 2. The van der Waals surface area contributed by atoms with Crippen molar-refractivity contribution in [3.05, 3.63) is 33.3 Å². The molecular weight excluding hydrogens is 312 g/mol. The minimum Gasteiger partial charge on any atom is -0.192 e. The van der Waals surface area contributed by atoms with Crippen LogP contribution in [-0.2, 0) is 0 Å². The van der Waals surface area contributed by atoms with Gasteiger partial charge in [-0.2, -0.15) is 21.0 Å². The Morgan fingerprint density at radius 2 is 1.00 bits per heavy atom. The molecule has 3 rings (SSSR count). The predicted octanol–water partition coefficient (Wildman–Crippen LogP) is 2.51. The molecule has 0 N–H and O–H groups in total. The smallest absolute Gasteiger partial charge is 0.146 e. The summed E-state index contributed by atoms with van der Waals surface area (Å²) in [6.07, 6.45) is 0. The van der Waals surface area contributed by atoms with E-state index in [4.69, 9.17) is 21.0 Å². The summed E-state index contributed by atoms with van der Waals surface area (Å²) in [5.74, 6) is 0. The highest BCUT2D eigenvalue weighted by Gasteiger charge is 2.06. The molecule has 0 aliphatic heterocycles. The first kappa shape index (κ1) is 13.8. The Balaban J connectivity index is 2.38. The quantitative estimate of drug-likeness (QED) is 0.636. The molecule has 0 radical (unpaired) electrons. The normalized spacial score (nSPS) is 9.64. The molecule has 2 aromatic heterocycles. The Kier molecular flexibility index (Phi) is 3.34. The third-order valence-corrected chi connectivity index (χ3v) is 5.33. The summed E-state index contributed by atoms with van der Waals surface area (Å²) in [4.78, 5) is 0. The van der Waals surface area contributed by atoms with Crippen molar-refractivity contribution in [1.82, 2.24) is 0 Å². The molecule has 3 aromatic rings. The first-order valence-corrected chi connectivity index (χ1v) is 7.65. The lowest BCUT2D eigenvalue weighted by atomic mass is 10.2. The summed E-state index contributed by atoms with van der Waals surface area (Å²) >= 11 is 2.77. The molecule has 4 nitrogen and oxygen atoms in total. The van der Waals surface area contributed by atoms with E-state index in [0.717, 1.165) is 20.2 Å². The van der Waals surface area contributed by atoms with Gasteiger partial charge in [0.15, 0.2) is 0 Å². The predicted molar refractivity (Wildman–Crippen MR) is 85.7 cm³/mol. The average Bonchev–Trinajstić information content (AvgIpc) is 3.10. The van der Waals surface area contributed by atoms with Crippen LogP contribution in [0.3, 0.4) is 0 Å². The van der Waals surface area contributed by atoms with Gasteiger partial charge >= 0.3 is 0 Å². The van der Waals surface area contributed by atoms with Crippen LogP contribution in [-0.4, -0.2) is 0 Å². The lowest BCUT2D eigenvalue weighted by Gasteiger charge is -1.89. The van der Waals surface area contributed by atoms with E-state index >= 15 is 0 Å². The minimum atomic E-state index is 0.106. The van der Waals surface area contributed by atoms with Gasteiger partial charge in [-0.25, -0.2) is 0 Å². The number of nitrogens with zero attached hydrogens (tertiary/aromatic N) is 4. The molecule has 2 heterocycles. The van der Waals surface area contributed by atoms with Crippen molar-refractivity contribution in [3.8, 4) is 24.3 Å². The molecule has 0 fully saturated rings. The van der Waals surface area contributed by atoms with E-state index in [1.165, 1.54) is 22.7 Å². The van der Waals surface area contributed by atoms with Crippen molar-refractivity contribution in [1.29, 1.82) is 21.0 Å². The summed E-state index contributed by atoms with van der Waals surface area (Å²) in [7, 11) is 0. The molecule has 0 spiro atoms. The molecule has 0 atom stereocenters. The standard InChI is InChI=1S/C16H4N4S2/c17-5-11(6-18)15-3-9-1-13-10(2-14(9)22-15)4-16(21-13)12(7-19)8-20/h1-4H. The molecule has 1 aromatic carbocycles. The highest BCUT2D eigenvalue weighted by Crippen LogP contribution is 2.26. The zero-order valence-corrected chi connectivity index (χ0v) is 12.5. The summed E-state index contributed by atoms with van der Waals surface area (Å²) in [5, 5.41) is 37.7. The van der Waals surface area contributed by atoms with Crippen LogP contribution in [0.1, 0.15) is 0 Å². The Morgan fingerprint density at radius 1 is 0.636 bits per heavy atom. The molecule has 22 heavy (non-hydrogen) atoms. The van der Waals surface area contributed by atoms with E-state index in [2.05, 4.69) is 0 Å². The van der Waals surface area contributed by atoms with E-state index in [1.54, 1.807) is 0 Å². The molecule has 0 amide bonds. The Labute approximate surface area is 132 Å². The molecule has 0 unspecified atom stereocenters. The topological polar surface area (TPSA) is 95.2 Å². The fourth-order valence-corrected chi connectivity index (χ4v) is 4.16. The van der Waals surface area contributed by atoms with Gasteiger partial charge < -0.3 is 0 Å². The lowest BCUT2D eigenvalue weighted by molar-refractivity contribution is 1.51. The maximum atomic E-state index is 8.94. The zero-order valence-electron chi connectivity index (χ0n) is 10.9. The maximum Gasteiger partial charge on any atom is 0.146 e. The van der Waals surface area contributed by atoms with Gasteiger partial charge in [-0.1, -0.05) is 0 Å². The number of nitriles is 4. The van der Waals surface area contributed by atoms with Crippen LogP contribution in [0, 0.1) is 45.3 Å². The van der Waals surface area contributed by atoms with E-state index in [0.29, 0.717) is 9.06 Å². The fourth-order valence-electron chi connectivity index (χ4n) is 2.09. The number of benzene rings is 1. The van der Waals surface area contributed by atoms with Crippen LogP contribution in [0.15, 0.2) is 24.3 Å². The monoisotopic (exact) mass is 316 g/mol. The second-order valence-electron chi connectivity index (χ2n) is 4.35. The molecule has 0 bridgehead atoms. The van der Waals surface area contributed by atoms with E-state index in [1.807, 2.05) is 48.5 Å². The Morgan fingerprint density at radius 3 is 1.32 bits per heavy atom. The number of fused-ring (bicyclic) bond motifs is 2.